The third-order valence-corrected chi connectivity index (χ3v) is 3.90. The molecule has 0 aliphatic carbocycles. The van der Waals surface area contributed by atoms with E-state index in [2.05, 4.69) is 33.0 Å². The second-order valence-corrected chi connectivity index (χ2v) is 5.65. The molecule has 3 heterocycles. The van der Waals surface area contributed by atoms with Gasteiger partial charge in [0.05, 0.1) is 6.33 Å². The number of rotatable bonds is 4. The molecule has 4 N–H and O–H groups in total. The Kier molecular flexibility index (Phi) is 6.25. The van der Waals surface area contributed by atoms with Crippen molar-refractivity contribution in [1.82, 2.24) is 19.9 Å². The van der Waals surface area contributed by atoms with Gasteiger partial charge in [0, 0.05) is 36.7 Å². The fraction of sp³-hybridized carbons (Fsp3) is 0.438. The molecule has 0 bridgehead atoms. The Morgan fingerprint density at radius 3 is 2.87 bits per heavy atom. The molecule has 7 heteroatoms. The Labute approximate surface area is 135 Å². The largest absolute Gasteiger partial charge is 0.480 e. The molecule has 1 fully saturated rings. The number of H-pyrrole nitrogens is 1. The van der Waals surface area contributed by atoms with Gasteiger partial charge in [-0.05, 0) is 38.1 Å². The van der Waals surface area contributed by atoms with Crippen LogP contribution in [0.5, 0.6) is 0 Å². The minimum atomic E-state index is -1.00. The number of hydrogen-bond acceptors (Lipinski definition) is 5. The standard InChI is InChI=1S/C10H14N2.C6H9N3O2/c1-12-7-3-5-10(12)9-4-2-6-11-8-9;7-5(6(10)11)1-4-2-8-3-9-4/h2,4,6,8,10H,3,5,7H2,1H3;2-3,5H,1,7H2,(H,8,9)(H,10,11)/t10-;/m0./s1. The molecule has 0 aromatic carbocycles. The normalized spacial score (nSPS) is 19.0. The van der Waals surface area contributed by atoms with Gasteiger partial charge in [0.15, 0.2) is 0 Å². The molecule has 0 spiro atoms. The van der Waals surface area contributed by atoms with Crippen molar-refractivity contribution in [2.45, 2.75) is 31.3 Å². The number of carbonyl (C=O) groups is 1. The van der Waals surface area contributed by atoms with Gasteiger partial charge in [-0.1, -0.05) is 6.07 Å². The highest BCUT2D eigenvalue weighted by Gasteiger charge is 2.21. The van der Waals surface area contributed by atoms with Crippen LogP contribution >= 0.6 is 0 Å². The highest BCUT2D eigenvalue weighted by Crippen LogP contribution is 2.29. The number of pyridine rings is 1. The number of aliphatic carboxylic acids is 1. The number of aromatic nitrogens is 3. The average molecular weight is 317 g/mol. The van der Waals surface area contributed by atoms with Crippen molar-refractivity contribution in [3.05, 3.63) is 48.3 Å². The van der Waals surface area contributed by atoms with E-state index < -0.39 is 12.0 Å². The summed E-state index contributed by atoms with van der Waals surface area (Å²) in [7, 11) is 2.19. The number of carboxylic acid groups (broad SMARTS) is 1. The Bertz CT molecular complexity index is 588. The predicted molar refractivity (Wildman–Crippen MR) is 86.7 cm³/mol. The van der Waals surface area contributed by atoms with Crippen LogP contribution in [0.4, 0.5) is 0 Å². The molecule has 0 saturated carbocycles. The van der Waals surface area contributed by atoms with Crippen LogP contribution in [-0.2, 0) is 11.2 Å². The highest BCUT2D eigenvalue weighted by molar-refractivity contribution is 5.73. The molecule has 3 rings (SSSR count). The van der Waals surface area contributed by atoms with Gasteiger partial charge in [-0.25, -0.2) is 4.98 Å². The van der Waals surface area contributed by atoms with E-state index in [1.807, 2.05) is 18.5 Å². The number of likely N-dealkylation sites (tertiary alicyclic amines) is 1. The lowest BCUT2D eigenvalue weighted by atomic mass is 10.1. The zero-order valence-corrected chi connectivity index (χ0v) is 13.2. The second kappa shape index (κ2) is 8.40. The van der Waals surface area contributed by atoms with Gasteiger partial charge >= 0.3 is 5.97 Å². The average Bonchev–Trinajstić information content (AvgIpc) is 3.20. The number of nitrogens with one attached hydrogen (secondary N) is 1. The molecule has 1 aliphatic heterocycles. The van der Waals surface area contributed by atoms with Gasteiger partial charge in [-0.15, -0.1) is 0 Å². The molecule has 23 heavy (non-hydrogen) atoms. The molecular formula is C16H23N5O2. The topological polar surface area (TPSA) is 108 Å². The van der Waals surface area contributed by atoms with Crippen molar-refractivity contribution < 1.29 is 9.90 Å². The number of hydrogen-bond donors (Lipinski definition) is 3. The molecule has 1 unspecified atom stereocenters. The van der Waals surface area contributed by atoms with Crippen LogP contribution in [0.25, 0.3) is 0 Å². The first-order chi connectivity index (χ1) is 11.1. The van der Waals surface area contributed by atoms with Crippen LogP contribution in [0.2, 0.25) is 0 Å². The molecule has 0 amide bonds. The quantitative estimate of drug-likeness (QED) is 0.782. The van der Waals surface area contributed by atoms with Gasteiger partial charge < -0.3 is 15.8 Å². The summed E-state index contributed by atoms with van der Waals surface area (Å²) in [5.41, 5.74) is 7.36. The van der Waals surface area contributed by atoms with Crippen molar-refractivity contribution in [3.8, 4) is 0 Å². The van der Waals surface area contributed by atoms with Crippen molar-refractivity contribution in [2.24, 2.45) is 5.73 Å². The van der Waals surface area contributed by atoms with E-state index in [9.17, 15) is 4.79 Å². The third-order valence-electron chi connectivity index (χ3n) is 3.90. The molecular weight excluding hydrogens is 294 g/mol. The molecule has 0 radical (unpaired) electrons. The SMILES string of the molecule is CN1CCC[C@H]1c1cccnc1.NC(Cc1cnc[nH]1)C(=O)O. The Hall–Kier alpha value is -2.25. The van der Waals surface area contributed by atoms with Gasteiger partial charge in [-0.2, -0.15) is 0 Å². The van der Waals surface area contributed by atoms with E-state index in [-0.39, 0.29) is 6.42 Å². The number of nitrogens with zero attached hydrogens (tertiary/aromatic N) is 3. The van der Waals surface area contributed by atoms with E-state index in [0.717, 1.165) is 5.69 Å². The predicted octanol–water partition coefficient (Wildman–Crippen LogP) is 1.21. The lowest BCUT2D eigenvalue weighted by Gasteiger charge is -2.18. The first-order valence-corrected chi connectivity index (χ1v) is 7.63. The monoisotopic (exact) mass is 317 g/mol. The number of imidazole rings is 1. The number of aromatic amines is 1. The van der Waals surface area contributed by atoms with Gasteiger partial charge in [0.2, 0.25) is 0 Å². The summed E-state index contributed by atoms with van der Waals surface area (Å²) < 4.78 is 0. The Morgan fingerprint density at radius 1 is 1.52 bits per heavy atom. The lowest BCUT2D eigenvalue weighted by Crippen LogP contribution is -2.32. The summed E-state index contributed by atoms with van der Waals surface area (Å²) in [6, 6.07) is 3.94. The highest BCUT2D eigenvalue weighted by atomic mass is 16.4. The summed E-state index contributed by atoms with van der Waals surface area (Å²) in [6.45, 7) is 1.22. The first-order valence-electron chi connectivity index (χ1n) is 7.63. The smallest absolute Gasteiger partial charge is 0.320 e. The molecule has 2 atom stereocenters. The third kappa shape index (κ3) is 5.15. The maximum Gasteiger partial charge on any atom is 0.320 e. The fourth-order valence-corrected chi connectivity index (χ4v) is 2.63. The van der Waals surface area contributed by atoms with Gasteiger partial charge in [0.25, 0.3) is 0 Å². The summed E-state index contributed by atoms with van der Waals surface area (Å²) in [4.78, 5) is 23.3. The molecule has 1 aliphatic rings. The van der Waals surface area contributed by atoms with Crippen LogP contribution in [0.3, 0.4) is 0 Å². The van der Waals surface area contributed by atoms with Gasteiger partial charge in [0.1, 0.15) is 6.04 Å². The fourth-order valence-electron chi connectivity index (χ4n) is 2.63. The maximum atomic E-state index is 10.3. The number of carboxylic acids is 1. The first kappa shape index (κ1) is 17.1. The van der Waals surface area contributed by atoms with Crippen molar-refractivity contribution in [2.75, 3.05) is 13.6 Å². The number of nitrogens with two attached hydrogens (primary N) is 1. The minimum Gasteiger partial charge on any atom is -0.480 e. The summed E-state index contributed by atoms with van der Waals surface area (Å²) in [6.07, 6.45) is 9.74. The zero-order chi connectivity index (χ0) is 16.7. The maximum absolute atomic E-state index is 10.3. The molecule has 1 saturated heterocycles. The van der Waals surface area contributed by atoms with Crippen LogP contribution in [0.15, 0.2) is 37.1 Å². The van der Waals surface area contributed by atoms with Gasteiger partial charge in [-0.3, -0.25) is 14.7 Å². The van der Waals surface area contributed by atoms with E-state index in [1.165, 1.54) is 31.3 Å². The van der Waals surface area contributed by atoms with E-state index in [4.69, 9.17) is 10.8 Å². The second-order valence-electron chi connectivity index (χ2n) is 5.65. The van der Waals surface area contributed by atoms with Crippen molar-refractivity contribution in [3.63, 3.8) is 0 Å². The van der Waals surface area contributed by atoms with Crippen molar-refractivity contribution in [1.29, 1.82) is 0 Å². The van der Waals surface area contributed by atoms with E-state index >= 15 is 0 Å². The summed E-state index contributed by atoms with van der Waals surface area (Å²) >= 11 is 0. The lowest BCUT2D eigenvalue weighted by molar-refractivity contribution is -0.138. The van der Waals surface area contributed by atoms with Crippen LogP contribution < -0.4 is 5.73 Å². The van der Waals surface area contributed by atoms with E-state index in [0.29, 0.717) is 6.04 Å². The van der Waals surface area contributed by atoms with Crippen molar-refractivity contribution >= 4 is 5.97 Å². The van der Waals surface area contributed by atoms with Crippen LogP contribution in [-0.4, -0.2) is 50.6 Å². The summed E-state index contributed by atoms with van der Waals surface area (Å²) in [5, 5.41) is 8.42. The molecule has 7 nitrogen and oxygen atoms in total. The summed E-state index contributed by atoms with van der Waals surface area (Å²) in [5.74, 6) is -1.00. The zero-order valence-electron chi connectivity index (χ0n) is 13.2. The minimum absolute atomic E-state index is 0.287. The van der Waals surface area contributed by atoms with E-state index in [1.54, 1.807) is 6.20 Å². The molecule has 2 aromatic heterocycles. The molecule has 2 aromatic rings. The Balaban J connectivity index is 0.000000168. The van der Waals surface area contributed by atoms with Crippen LogP contribution in [0.1, 0.15) is 30.1 Å². The van der Waals surface area contributed by atoms with Crippen LogP contribution in [0, 0.1) is 0 Å². The molecule has 124 valence electrons. The Morgan fingerprint density at radius 2 is 2.35 bits per heavy atom.